The number of carbonyl (C=O) groups is 2. The van der Waals surface area contributed by atoms with Crippen LogP contribution in [0.3, 0.4) is 0 Å². The fourth-order valence-corrected chi connectivity index (χ4v) is 2.71. The molecule has 0 saturated carbocycles. The Balaban J connectivity index is 1.74. The maximum atomic E-state index is 14.1. The highest BCUT2D eigenvalue weighted by Gasteiger charge is 2.10. The number of carbonyl (C=O) groups excluding carboxylic acids is 1. The number of hydrogen-bond donors (Lipinski definition) is 3. The van der Waals surface area contributed by atoms with Crippen molar-refractivity contribution >= 4 is 34.5 Å². The molecule has 2 aromatic carbocycles. The van der Waals surface area contributed by atoms with Crippen molar-refractivity contribution in [1.29, 1.82) is 0 Å². The zero-order valence-electron chi connectivity index (χ0n) is 14.9. The molecular weight excluding hydrogens is 368 g/mol. The second-order valence-electron chi connectivity index (χ2n) is 6.29. The lowest BCUT2D eigenvalue weighted by atomic mass is 10.0. The number of fused-ring (bicyclic) bond motifs is 1. The predicted octanol–water partition coefficient (Wildman–Crippen LogP) is 3.82. The Bertz CT molecular complexity index is 1090. The minimum Gasteiger partial charge on any atom is -0.481 e. The van der Waals surface area contributed by atoms with Crippen molar-refractivity contribution in [3.63, 3.8) is 0 Å². The first-order valence-corrected chi connectivity index (χ1v) is 8.47. The molecule has 0 bridgehead atoms. The number of carboxylic acid groups (broad SMARTS) is 1. The summed E-state index contributed by atoms with van der Waals surface area (Å²) in [5.41, 5.74) is 2.18. The van der Waals surface area contributed by atoms with E-state index in [1.807, 2.05) is 0 Å². The van der Waals surface area contributed by atoms with Crippen LogP contribution < -0.4 is 5.32 Å². The molecule has 28 heavy (non-hydrogen) atoms. The molecule has 0 saturated heterocycles. The first kappa shape index (κ1) is 19.2. The summed E-state index contributed by atoms with van der Waals surface area (Å²) in [5.74, 6) is -2.57. The Kier molecular flexibility index (Phi) is 5.49. The number of nitrogens with one attached hydrogen (secondary N) is 2. The Morgan fingerprint density at radius 2 is 2.04 bits per heavy atom. The van der Waals surface area contributed by atoms with Crippen molar-refractivity contribution in [3.05, 3.63) is 64.9 Å². The van der Waals surface area contributed by atoms with E-state index in [0.717, 1.165) is 0 Å². The Hall–Kier alpha value is -3.55. The molecule has 0 aliphatic rings. The third-order valence-corrected chi connectivity index (χ3v) is 4.26. The fourth-order valence-electron chi connectivity index (χ4n) is 2.71. The third kappa shape index (κ3) is 4.40. The number of aryl methyl sites for hydroxylation is 1. The van der Waals surface area contributed by atoms with Crippen molar-refractivity contribution in [2.45, 2.75) is 19.8 Å². The molecule has 1 amide bonds. The molecule has 0 aliphatic carbocycles. The van der Waals surface area contributed by atoms with E-state index < -0.39 is 23.6 Å². The van der Waals surface area contributed by atoms with Crippen molar-refractivity contribution in [2.75, 3.05) is 5.32 Å². The standard InChI is InChI=1S/C20H17F2N3O3/c1-11-15(21)8-13(4-7-19(27)28)10-16(11)23-18(26)6-3-12-2-5-14-17(9-12)24-25-20(14)22/h2-3,5-6,8-10H,4,7H2,1H3,(H,23,26)(H,24,25)(H,27,28)/b6-3+. The SMILES string of the molecule is Cc1c(F)cc(CCC(=O)O)cc1NC(=O)/C=C/c1ccc2c(F)n[nH]c2c1. The van der Waals surface area contributed by atoms with Crippen molar-refractivity contribution < 1.29 is 23.5 Å². The van der Waals surface area contributed by atoms with Crippen molar-refractivity contribution in [3.8, 4) is 0 Å². The number of rotatable bonds is 6. The summed E-state index contributed by atoms with van der Waals surface area (Å²) in [6.45, 7) is 1.52. The molecule has 0 radical (unpaired) electrons. The van der Waals surface area contributed by atoms with Crippen LogP contribution in [0.15, 0.2) is 36.4 Å². The fraction of sp³-hybridized carbons (Fsp3) is 0.150. The number of anilines is 1. The van der Waals surface area contributed by atoms with Gasteiger partial charge >= 0.3 is 5.97 Å². The number of halogens is 2. The Labute approximate surface area is 158 Å². The summed E-state index contributed by atoms with van der Waals surface area (Å²) in [5, 5.41) is 17.7. The highest BCUT2D eigenvalue weighted by Crippen LogP contribution is 2.22. The van der Waals surface area contributed by atoms with Gasteiger partial charge in [0.25, 0.3) is 0 Å². The highest BCUT2D eigenvalue weighted by atomic mass is 19.1. The maximum Gasteiger partial charge on any atom is 0.303 e. The quantitative estimate of drug-likeness (QED) is 0.562. The lowest BCUT2D eigenvalue weighted by Crippen LogP contribution is -2.10. The molecule has 6 nitrogen and oxygen atoms in total. The summed E-state index contributed by atoms with van der Waals surface area (Å²) in [4.78, 5) is 22.9. The average Bonchev–Trinajstić information content (AvgIpc) is 3.02. The van der Waals surface area contributed by atoms with Gasteiger partial charge in [-0.1, -0.05) is 6.07 Å². The van der Waals surface area contributed by atoms with Gasteiger partial charge in [0.15, 0.2) is 0 Å². The predicted molar refractivity (Wildman–Crippen MR) is 101 cm³/mol. The third-order valence-electron chi connectivity index (χ3n) is 4.26. The van der Waals surface area contributed by atoms with Gasteiger partial charge < -0.3 is 10.4 Å². The van der Waals surface area contributed by atoms with E-state index in [0.29, 0.717) is 22.0 Å². The molecule has 0 spiro atoms. The van der Waals surface area contributed by atoms with Gasteiger partial charge in [0.2, 0.25) is 11.9 Å². The molecule has 0 aliphatic heterocycles. The largest absolute Gasteiger partial charge is 0.481 e. The van der Waals surface area contributed by atoms with Crippen LogP contribution in [0, 0.1) is 18.7 Å². The summed E-state index contributed by atoms with van der Waals surface area (Å²) in [6, 6.07) is 7.67. The number of amides is 1. The molecule has 3 aromatic rings. The second-order valence-corrected chi connectivity index (χ2v) is 6.29. The van der Waals surface area contributed by atoms with E-state index in [1.165, 1.54) is 25.1 Å². The molecule has 3 N–H and O–H groups in total. The molecule has 8 heteroatoms. The summed E-state index contributed by atoms with van der Waals surface area (Å²) in [7, 11) is 0. The van der Waals surface area contributed by atoms with E-state index >= 15 is 0 Å². The number of aliphatic carboxylic acids is 1. The second kappa shape index (κ2) is 7.99. The molecule has 0 unspecified atom stereocenters. The number of H-pyrrole nitrogens is 1. The number of benzene rings is 2. The number of nitrogens with zero attached hydrogens (tertiary/aromatic N) is 1. The van der Waals surface area contributed by atoms with Gasteiger partial charge in [-0.2, -0.15) is 4.39 Å². The minimum atomic E-state index is -0.983. The Morgan fingerprint density at radius 3 is 2.79 bits per heavy atom. The molecular formula is C20H17F2N3O3. The smallest absolute Gasteiger partial charge is 0.303 e. The van der Waals surface area contributed by atoms with E-state index in [2.05, 4.69) is 15.5 Å². The topological polar surface area (TPSA) is 95.1 Å². The van der Waals surface area contributed by atoms with Gasteiger partial charge in [-0.05, 0) is 54.8 Å². The first-order chi connectivity index (χ1) is 13.3. The maximum absolute atomic E-state index is 14.1. The normalized spacial score (nSPS) is 11.2. The van der Waals surface area contributed by atoms with Crippen molar-refractivity contribution in [1.82, 2.24) is 10.2 Å². The monoisotopic (exact) mass is 385 g/mol. The van der Waals surface area contributed by atoms with E-state index in [1.54, 1.807) is 24.3 Å². The van der Waals surface area contributed by atoms with Crippen LogP contribution in [0.4, 0.5) is 14.5 Å². The van der Waals surface area contributed by atoms with Gasteiger partial charge in [0.05, 0.1) is 10.9 Å². The zero-order chi connectivity index (χ0) is 20.3. The van der Waals surface area contributed by atoms with Gasteiger partial charge in [0, 0.05) is 23.7 Å². The van der Waals surface area contributed by atoms with Crippen LogP contribution in [-0.4, -0.2) is 27.2 Å². The molecule has 144 valence electrons. The molecule has 0 atom stereocenters. The van der Waals surface area contributed by atoms with Crippen molar-refractivity contribution in [2.24, 2.45) is 0 Å². The van der Waals surface area contributed by atoms with Crippen LogP contribution in [0.25, 0.3) is 17.0 Å². The molecule has 1 aromatic heterocycles. The Morgan fingerprint density at radius 1 is 1.25 bits per heavy atom. The number of aromatic nitrogens is 2. The van der Waals surface area contributed by atoms with E-state index in [9.17, 15) is 18.4 Å². The molecule has 3 rings (SSSR count). The van der Waals surface area contributed by atoms with Gasteiger partial charge in [-0.25, -0.2) is 4.39 Å². The number of aromatic amines is 1. The molecule has 0 fully saturated rings. The summed E-state index contributed by atoms with van der Waals surface area (Å²) >= 11 is 0. The van der Waals surface area contributed by atoms with Crippen LogP contribution in [0.5, 0.6) is 0 Å². The zero-order valence-corrected chi connectivity index (χ0v) is 14.9. The van der Waals surface area contributed by atoms with E-state index in [-0.39, 0.29) is 24.1 Å². The van der Waals surface area contributed by atoms with Crippen LogP contribution >= 0.6 is 0 Å². The van der Waals surface area contributed by atoms with Crippen LogP contribution in [-0.2, 0) is 16.0 Å². The lowest BCUT2D eigenvalue weighted by Gasteiger charge is -2.10. The summed E-state index contributed by atoms with van der Waals surface area (Å²) < 4.78 is 27.4. The van der Waals surface area contributed by atoms with Gasteiger partial charge in [0.1, 0.15) is 5.82 Å². The van der Waals surface area contributed by atoms with E-state index in [4.69, 9.17) is 5.11 Å². The van der Waals surface area contributed by atoms with Crippen LogP contribution in [0.2, 0.25) is 0 Å². The van der Waals surface area contributed by atoms with Crippen LogP contribution in [0.1, 0.15) is 23.1 Å². The lowest BCUT2D eigenvalue weighted by molar-refractivity contribution is -0.137. The molecule has 1 heterocycles. The average molecular weight is 385 g/mol. The minimum absolute atomic E-state index is 0.132. The highest BCUT2D eigenvalue weighted by molar-refractivity contribution is 6.02. The summed E-state index contributed by atoms with van der Waals surface area (Å²) in [6.07, 6.45) is 2.83. The number of hydrogen-bond acceptors (Lipinski definition) is 3. The van der Waals surface area contributed by atoms with Gasteiger partial charge in [-0.15, -0.1) is 5.10 Å². The first-order valence-electron chi connectivity index (χ1n) is 8.47. The number of carboxylic acids is 1. The van der Waals surface area contributed by atoms with Gasteiger partial charge in [-0.3, -0.25) is 14.7 Å².